The van der Waals surface area contributed by atoms with Crippen molar-refractivity contribution in [3.8, 4) is 0 Å². The summed E-state index contributed by atoms with van der Waals surface area (Å²) >= 11 is 0. The van der Waals surface area contributed by atoms with Crippen LogP contribution in [0, 0.1) is 5.92 Å². The molecule has 0 aromatic heterocycles. The molecule has 0 saturated carbocycles. The molecule has 2 fully saturated rings. The number of ether oxygens (including phenoxy) is 1. The lowest BCUT2D eigenvalue weighted by molar-refractivity contribution is -0.0597. The zero-order chi connectivity index (χ0) is 9.10. The molecule has 2 aliphatic rings. The van der Waals surface area contributed by atoms with Crippen LogP contribution in [0.15, 0.2) is 0 Å². The van der Waals surface area contributed by atoms with Gasteiger partial charge in [0.15, 0.2) is 0 Å². The van der Waals surface area contributed by atoms with Gasteiger partial charge < -0.3 is 15.4 Å². The summed E-state index contributed by atoms with van der Waals surface area (Å²) in [7, 11) is 0. The molecule has 3 heteroatoms. The molecule has 0 spiro atoms. The summed E-state index contributed by atoms with van der Waals surface area (Å²) in [6.07, 6.45) is 3.50. The fourth-order valence-corrected chi connectivity index (χ4v) is 2.09. The lowest BCUT2D eigenvalue weighted by Gasteiger charge is -2.35. The first-order chi connectivity index (χ1) is 6.36. The van der Waals surface area contributed by atoms with Gasteiger partial charge in [-0.25, -0.2) is 0 Å². The van der Waals surface area contributed by atoms with Crippen LogP contribution in [0.4, 0.5) is 0 Å². The fraction of sp³-hybridized carbons (Fsp3) is 1.00. The zero-order valence-electron chi connectivity index (χ0n) is 8.38. The van der Waals surface area contributed by atoms with Crippen LogP contribution >= 0.6 is 0 Å². The number of nitrogens with one attached hydrogen (secondary N) is 2. The predicted octanol–water partition coefficient (Wildman–Crippen LogP) is 0.363. The minimum absolute atomic E-state index is 0.453. The Balaban J connectivity index is 1.70. The van der Waals surface area contributed by atoms with Gasteiger partial charge in [-0.05, 0) is 38.8 Å². The van der Waals surface area contributed by atoms with Crippen molar-refractivity contribution >= 4 is 0 Å². The lowest BCUT2D eigenvalue weighted by atomic mass is 9.93. The first-order valence-electron chi connectivity index (χ1n) is 5.43. The quantitative estimate of drug-likeness (QED) is 0.664. The molecule has 0 bridgehead atoms. The van der Waals surface area contributed by atoms with Crippen LogP contribution in [0.2, 0.25) is 0 Å². The highest BCUT2D eigenvalue weighted by Gasteiger charge is 2.25. The normalized spacial score (nSPS) is 28.4. The summed E-state index contributed by atoms with van der Waals surface area (Å²) in [6.45, 7) is 6.67. The second kappa shape index (κ2) is 4.40. The average Bonchev–Trinajstić information content (AvgIpc) is 2.12. The Morgan fingerprint density at radius 3 is 2.38 bits per heavy atom. The summed E-state index contributed by atoms with van der Waals surface area (Å²) in [5.74, 6) is 0.779. The van der Waals surface area contributed by atoms with E-state index in [4.69, 9.17) is 4.74 Å². The Bertz CT molecular complexity index is 153. The van der Waals surface area contributed by atoms with Crippen LogP contribution < -0.4 is 10.6 Å². The first kappa shape index (κ1) is 9.44. The molecule has 0 radical (unpaired) electrons. The Morgan fingerprint density at radius 1 is 1.15 bits per heavy atom. The van der Waals surface area contributed by atoms with E-state index in [1.807, 2.05) is 0 Å². The third kappa shape index (κ3) is 2.42. The minimum atomic E-state index is 0.453. The number of piperidine rings is 1. The Morgan fingerprint density at radius 2 is 1.85 bits per heavy atom. The summed E-state index contributed by atoms with van der Waals surface area (Å²) < 4.78 is 5.94. The van der Waals surface area contributed by atoms with Gasteiger partial charge in [0.25, 0.3) is 0 Å². The van der Waals surface area contributed by atoms with Crippen LogP contribution in [0.1, 0.15) is 19.8 Å². The average molecular weight is 184 g/mol. The third-order valence-electron chi connectivity index (χ3n) is 3.20. The number of hydrogen-bond donors (Lipinski definition) is 2. The second-order valence-corrected chi connectivity index (χ2v) is 4.21. The van der Waals surface area contributed by atoms with E-state index in [9.17, 15) is 0 Å². The second-order valence-electron chi connectivity index (χ2n) is 4.21. The highest BCUT2D eigenvalue weighted by molar-refractivity contribution is 4.79. The molecular formula is C10H20N2O. The van der Waals surface area contributed by atoms with Crippen molar-refractivity contribution in [2.75, 3.05) is 26.2 Å². The molecule has 2 rings (SSSR count). The lowest BCUT2D eigenvalue weighted by Crippen LogP contribution is -2.51. The molecule has 2 N–H and O–H groups in total. The van der Waals surface area contributed by atoms with Gasteiger partial charge in [0.1, 0.15) is 0 Å². The van der Waals surface area contributed by atoms with Crippen molar-refractivity contribution in [1.82, 2.24) is 10.6 Å². The van der Waals surface area contributed by atoms with E-state index >= 15 is 0 Å². The van der Waals surface area contributed by atoms with Crippen LogP contribution in [-0.4, -0.2) is 38.4 Å². The van der Waals surface area contributed by atoms with Crippen LogP contribution in [0.25, 0.3) is 0 Å². The third-order valence-corrected chi connectivity index (χ3v) is 3.20. The maximum absolute atomic E-state index is 5.94. The molecule has 0 aromatic rings. The number of rotatable bonds is 3. The maximum Gasteiger partial charge on any atom is 0.0827 e. The SMILES string of the molecule is CC(OC1CNC1)C1CCNCC1. The molecule has 0 aromatic carbocycles. The van der Waals surface area contributed by atoms with Crippen molar-refractivity contribution in [1.29, 1.82) is 0 Å². The van der Waals surface area contributed by atoms with E-state index in [-0.39, 0.29) is 0 Å². The van der Waals surface area contributed by atoms with E-state index in [2.05, 4.69) is 17.6 Å². The van der Waals surface area contributed by atoms with Crippen molar-refractivity contribution < 1.29 is 4.74 Å². The van der Waals surface area contributed by atoms with Gasteiger partial charge in [-0.2, -0.15) is 0 Å². The monoisotopic (exact) mass is 184 g/mol. The summed E-state index contributed by atoms with van der Waals surface area (Å²) in [6, 6.07) is 0. The van der Waals surface area contributed by atoms with Gasteiger partial charge in [0, 0.05) is 13.1 Å². The zero-order valence-corrected chi connectivity index (χ0v) is 8.38. The largest absolute Gasteiger partial charge is 0.372 e. The Kier molecular flexibility index (Phi) is 3.19. The van der Waals surface area contributed by atoms with Gasteiger partial charge in [-0.3, -0.25) is 0 Å². The summed E-state index contributed by atoms with van der Waals surface area (Å²) in [5.41, 5.74) is 0. The van der Waals surface area contributed by atoms with Gasteiger partial charge >= 0.3 is 0 Å². The van der Waals surface area contributed by atoms with E-state index in [0.717, 1.165) is 19.0 Å². The van der Waals surface area contributed by atoms with Crippen molar-refractivity contribution in [2.24, 2.45) is 5.92 Å². The van der Waals surface area contributed by atoms with Crippen LogP contribution in [0.5, 0.6) is 0 Å². The van der Waals surface area contributed by atoms with Gasteiger partial charge in [-0.15, -0.1) is 0 Å². The van der Waals surface area contributed by atoms with E-state index < -0.39 is 0 Å². The fourth-order valence-electron chi connectivity index (χ4n) is 2.09. The molecule has 1 unspecified atom stereocenters. The molecule has 76 valence electrons. The first-order valence-corrected chi connectivity index (χ1v) is 5.43. The summed E-state index contributed by atoms with van der Waals surface area (Å²) in [5, 5.41) is 6.62. The Hall–Kier alpha value is -0.120. The van der Waals surface area contributed by atoms with E-state index in [1.165, 1.54) is 25.9 Å². The topological polar surface area (TPSA) is 33.3 Å². The molecule has 1 atom stereocenters. The molecule has 2 heterocycles. The minimum Gasteiger partial charge on any atom is -0.372 e. The smallest absolute Gasteiger partial charge is 0.0827 e. The molecule has 0 amide bonds. The molecule has 3 nitrogen and oxygen atoms in total. The highest BCUT2D eigenvalue weighted by atomic mass is 16.5. The van der Waals surface area contributed by atoms with Crippen LogP contribution in [0.3, 0.4) is 0 Å². The number of hydrogen-bond acceptors (Lipinski definition) is 3. The van der Waals surface area contributed by atoms with Crippen molar-refractivity contribution in [3.63, 3.8) is 0 Å². The highest BCUT2D eigenvalue weighted by Crippen LogP contribution is 2.20. The van der Waals surface area contributed by atoms with Gasteiger partial charge in [0.05, 0.1) is 12.2 Å². The van der Waals surface area contributed by atoms with Crippen molar-refractivity contribution in [2.45, 2.75) is 32.0 Å². The molecular weight excluding hydrogens is 164 g/mol. The van der Waals surface area contributed by atoms with E-state index in [0.29, 0.717) is 12.2 Å². The molecule has 0 aliphatic carbocycles. The van der Waals surface area contributed by atoms with E-state index in [1.54, 1.807) is 0 Å². The molecule has 13 heavy (non-hydrogen) atoms. The van der Waals surface area contributed by atoms with Gasteiger partial charge in [0.2, 0.25) is 0 Å². The molecule has 2 saturated heterocycles. The Labute approximate surface area is 80.2 Å². The standard InChI is InChI=1S/C10H20N2O/c1-8(13-10-6-12-7-10)9-2-4-11-5-3-9/h8-12H,2-7H2,1H3. The summed E-state index contributed by atoms with van der Waals surface area (Å²) in [4.78, 5) is 0. The van der Waals surface area contributed by atoms with Gasteiger partial charge in [-0.1, -0.05) is 0 Å². The molecule has 2 aliphatic heterocycles. The predicted molar refractivity (Wildman–Crippen MR) is 52.8 cm³/mol. The van der Waals surface area contributed by atoms with Crippen molar-refractivity contribution in [3.05, 3.63) is 0 Å². The van der Waals surface area contributed by atoms with Crippen LogP contribution in [-0.2, 0) is 4.74 Å². The maximum atomic E-state index is 5.94.